The number of ether oxygens (including phenoxy) is 1. The van der Waals surface area contributed by atoms with Crippen LogP contribution in [0.3, 0.4) is 0 Å². The van der Waals surface area contributed by atoms with Crippen LogP contribution >= 0.6 is 0 Å². The first-order valence-electron chi connectivity index (χ1n) is 7.47. The largest absolute Gasteiger partial charge is 0.504 e. The van der Waals surface area contributed by atoms with Gasteiger partial charge >= 0.3 is 0 Å². The van der Waals surface area contributed by atoms with Gasteiger partial charge in [-0.15, -0.1) is 0 Å². The fraction of sp³-hybridized carbons (Fsp3) is 0.211. The quantitative estimate of drug-likeness (QED) is 0.806. The Bertz CT molecular complexity index is 690. The van der Waals surface area contributed by atoms with Gasteiger partial charge in [-0.05, 0) is 31.1 Å². The number of hydrogen-bond acceptors (Lipinski definition) is 3. The van der Waals surface area contributed by atoms with Crippen molar-refractivity contribution < 1.29 is 14.6 Å². The van der Waals surface area contributed by atoms with E-state index in [1.54, 1.807) is 24.3 Å². The van der Waals surface area contributed by atoms with E-state index in [1.807, 2.05) is 6.92 Å². The fourth-order valence-electron chi connectivity index (χ4n) is 2.15. The van der Waals surface area contributed by atoms with Gasteiger partial charge in [-0.25, -0.2) is 0 Å². The van der Waals surface area contributed by atoms with Crippen LogP contribution in [0.5, 0.6) is 11.5 Å². The Labute approximate surface area is 136 Å². The van der Waals surface area contributed by atoms with Gasteiger partial charge in [-0.3, -0.25) is 4.79 Å². The van der Waals surface area contributed by atoms with Gasteiger partial charge in [0, 0.05) is 18.2 Å². The van der Waals surface area contributed by atoms with Gasteiger partial charge < -0.3 is 15.2 Å². The molecule has 0 fully saturated rings. The second kappa shape index (κ2) is 8.03. The van der Waals surface area contributed by atoms with Crippen LogP contribution in [0.1, 0.15) is 16.7 Å². The number of aromatic hydroxyl groups is 1. The van der Waals surface area contributed by atoms with E-state index in [-0.39, 0.29) is 11.7 Å². The number of nitrogens with one attached hydrogen (secondary N) is 1. The molecule has 0 bridgehead atoms. The molecule has 2 rings (SSSR count). The maximum Gasteiger partial charge on any atom is 0.244 e. The van der Waals surface area contributed by atoms with Crippen LogP contribution in [0.15, 0.2) is 48.5 Å². The Morgan fingerprint density at radius 2 is 1.96 bits per heavy atom. The summed E-state index contributed by atoms with van der Waals surface area (Å²) in [6.45, 7) is 2.61. The van der Waals surface area contributed by atoms with Crippen LogP contribution in [0.4, 0.5) is 0 Å². The van der Waals surface area contributed by atoms with E-state index in [0.717, 1.165) is 6.42 Å². The lowest BCUT2D eigenvalue weighted by molar-refractivity contribution is -0.116. The molecule has 2 aromatic rings. The monoisotopic (exact) mass is 311 g/mol. The third kappa shape index (κ3) is 4.88. The molecule has 0 radical (unpaired) electrons. The second-order valence-electron chi connectivity index (χ2n) is 5.26. The molecule has 2 N–H and O–H groups in total. The highest BCUT2D eigenvalue weighted by atomic mass is 16.5. The molecule has 1 amide bonds. The summed E-state index contributed by atoms with van der Waals surface area (Å²) < 4.78 is 5.03. The van der Waals surface area contributed by atoms with E-state index in [1.165, 1.54) is 24.3 Å². The minimum absolute atomic E-state index is 0.0266. The molecule has 23 heavy (non-hydrogen) atoms. The smallest absolute Gasteiger partial charge is 0.244 e. The number of rotatable bonds is 6. The summed E-state index contributed by atoms with van der Waals surface area (Å²) in [7, 11) is 1.49. The summed E-state index contributed by atoms with van der Waals surface area (Å²) >= 11 is 0. The number of phenols is 1. The Hall–Kier alpha value is -2.75. The topological polar surface area (TPSA) is 58.6 Å². The van der Waals surface area contributed by atoms with Gasteiger partial charge in [0.05, 0.1) is 7.11 Å². The number of carbonyl (C=O) groups excluding carboxylic acids is 1. The number of phenolic OH excluding ortho intramolecular Hbond substituents is 1. The molecule has 0 saturated heterocycles. The second-order valence-corrected chi connectivity index (χ2v) is 5.26. The summed E-state index contributed by atoms with van der Waals surface area (Å²) in [6.07, 6.45) is 3.76. The van der Waals surface area contributed by atoms with Gasteiger partial charge in [0.25, 0.3) is 0 Å². The van der Waals surface area contributed by atoms with Gasteiger partial charge in [-0.1, -0.05) is 42.0 Å². The van der Waals surface area contributed by atoms with Crippen molar-refractivity contribution in [3.63, 3.8) is 0 Å². The first kappa shape index (κ1) is 16.6. The molecule has 0 aliphatic rings. The van der Waals surface area contributed by atoms with Crippen molar-refractivity contribution in [2.75, 3.05) is 13.7 Å². The molecule has 0 aliphatic heterocycles. The molecule has 0 saturated carbocycles. The Morgan fingerprint density at radius 3 is 2.65 bits per heavy atom. The maximum absolute atomic E-state index is 11.8. The molecule has 0 aromatic heterocycles. The average Bonchev–Trinajstić information content (AvgIpc) is 2.56. The van der Waals surface area contributed by atoms with E-state index in [2.05, 4.69) is 29.6 Å². The SMILES string of the molecule is COc1cccc(C=CC(=O)NCCc2ccc(C)cc2)c1O. The Kier molecular flexibility index (Phi) is 5.80. The van der Waals surface area contributed by atoms with E-state index in [9.17, 15) is 9.90 Å². The molecule has 120 valence electrons. The molecule has 0 aliphatic carbocycles. The van der Waals surface area contributed by atoms with Gasteiger partial charge in [-0.2, -0.15) is 0 Å². The lowest BCUT2D eigenvalue weighted by atomic mass is 10.1. The highest BCUT2D eigenvalue weighted by Gasteiger charge is 2.04. The van der Waals surface area contributed by atoms with Crippen LogP contribution in [-0.2, 0) is 11.2 Å². The summed E-state index contributed by atoms with van der Waals surface area (Å²) in [5.74, 6) is 0.213. The van der Waals surface area contributed by atoms with Crippen LogP contribution in [0, 0.1) is 6.92 Å². The van der Waals surface area contributed by atoms with Crippen molar-refractivity contribution in [1.82, 2.24) is 5.32 Å². The molecular weight excluding hydrogens is 290 g/mol. The molecule has 0 spiro atoms. The number of amides is 1. The van der Waals surface area contributed by atoms with E-state index in [0.29, 0.717) is 17.9 Å². The zero-order valence-electron chi connectivity index (χ0n) is 13.4. The normalized spacial score (nSPS) is 10.7. The number of hydrogen-bond donors (Lipinski definition) is 2. The average molecular weight is 311 g/mol. The lowest BCUT2D eigenvalue weighted by Gasteiger charge is -2.05. The highest BCUT2D eigenvalue weighted by molar-refractivity contribution is 5.92. The summed E-state index contributed by atoms with van der Waals surface area (Å²) in [5, 5.41) is 12.8. The molecule has 0 atom stereocenters. The fourth-order valence-corrected chi connectivity index (χ4v) is 2.15. The van der Waals surface area contributed by atoms with Crippen LogP contribution in [0.25, 0.3) is 6.08 Å². The lowest BCUT2D eigenvalue weighted by Crippen LogP contribution is -2.23. The number of aryl methyl sites for hydroxylation is 1. The Morgan fingerprint density at radius 1 is 1.22 bits per heavy atom. The first-order chi connectivity index (χ1) is 11.1. The number of methoxy groups -OCH3 is 1. The van der Waals surface area contributed by atoms with Crippen molar-refractivity contribution in [1.29, 1.82) is 0 Å². The zero-order chi connectivity index (χ0) is 16.7. The molecule has 4 nitrogen and oxygen atoms in total. The predicted octanol–water partition coefficient (Wildman–Crippen LogP) is 3.08. The third-order valence-electron chi connectivity index (χ3n) is 3.50. The molecular formula is C19H21NO3. The number of carbonyl (C=O) groups is 1. The first-order valence-corrected chi connectivity index (χ1v) is 7.47. The van der Waals surface area contributed by atoms with Gasteiger partial charge in [0.15, 0.2) is 11.5 Å². The van der Waals surface area contributed by atoms with Crippen molar-refractivity contribution in [2.24, 2.45) is 0 Å². The number of benzene rings is 2. The standard InChI is InChI=1S/C19H21NO3/c1-14-6-8-15(9-7-14)12-13-20-18(21)11-10-16-4-3-5-17(23-2)19(16)22/h3-11,22H,12-13H2,1-2H3,(H,20,21). The van der Waals surface area contributed by atoms with E-state index >= 15 is 0 Å². The maximum atomic E-state index is 11.8. The van der Waals surface area contributed by atoms with Gasteiger partial charge in [0.2, 0.25) is 5.91 Å². The Balaban J connectivity index is 1.86. The van der Waals surface area contributed by atoms with Crippen molar-refractivity contribution >= 4 is 12.0 Å². The summed E-state index contributed by atoms with van der Waals surface area (Å²) in [5.41, 5.74) is 2.95. The summed E-state index contributed by atoms with van der Waals surface area (Å²) in [4.78, 5) is 11.8. The molecule has 4 heteroatoms. The van der Waals surface area contributed by atoms with Crippen LogP contribution < -0.4 is 10.1 Å². The third-order valence-corrected chi connectivity index (χ3v) is 3.50. The van der Waals surface area contributed by atoms with Gasteiger partial charge in [0.1, 0.15) is 0 Å². The highest BCUT2D eigenvalue weighted by Crippen LogP contribution is 2.29. The van der Waals surface area contributed by atoms with Crippen molar-refractivity contribution in [2.45, 2.75) is 13.3 Å². The predicted molar refractivity (Wildman–Crippen MR) is 91.6 cm³/mol. The van der Waals surface area contributed by atoms with Crippen molar-refractivity contribution in [3.05, 3.63) is 65.2 Å². The molecule has 2 aromatic carbocycles. The summed E-state index contributed by atoms with van der Waals surface area (Å²) in [6, 6.07) is 13.4. The van der Waals surface area contributed by atoms with Crippen LogP contribution in [-0.4, -0.2) is 24.7 Å². The minimum Gasteiger partial charge on any atom is -0.504 e. The zero-order valence-corrected chi connectivity index (χ0v) is 13.4. The van der Waals surface area contributed by atoms with E-state index < -0.39 is 0 Å². The molecule has 0 unspecified atom stereocenters. The van der Waals surface area contributed by atoms with Crippen molar-refractivity contribution in [3.8, 4) is 11.5 Å². The molecule has 0 heterocycles. The van der Waals surface area contributed by atoms with Crippen LogP contribution in [0.2, 0.25) is 0 Å². The number of para-hydroxylation sites is 1. The van der Waals surface area contributed by atoms with E-state index in [4.69, 9.17) is 4.74 Å². The minimum atomic E-state index is -0.195.